The Bertz CT molecular complexity index is 1020. The van der Waals surface area contributed by atoms with Gasteiger partial charge in [-0.1, -0.05) is 23.8 Å². The van der Waals surface area contributed by atoms with E-state index in [0.29, 0.717) is 16.1 Å². The number of ketones is 1. The van der Waals surface area contributed by atoms with E-state index in [0.717, 1.165) is 36.8 Å². The molecule has 2 aromatic heterocycles. The van der Waals surface area contributed by atoms with Crippen molar-refractivity contribution in [1.29, 1.82) is 0 Å². The molecule has 0 aliphatic heterocycles. The number of amides is 1. The van der Waals surface area contributed by atoms with Crippen molar-refractivity contribution in [3.05, 3.63) is 64.1 Å². The number of rotatable bonds is 5. The number of aryl methyl sites for hydroxylation is 2. The van der Waals surface area contributed by atoms with Crippen molar-refractivity contribution in [3.63, 3.8) is 0 Å². The molecule has 6 nitrogen and oxygen atoms in total. The third-order valence-corrected chi connectivity index (χ3v) is 6.34. The quantitative estimate of drug-likeness (QED) is 0.665. The number of carbonyl (C=O) groups excluding carboxylic acids is 2. The summed E-state index contributed by atoms with van der Waals surface area (Å²) in [4.78, 5) is 31.3. The third-order valence-electron chi connectivity index (χ3n) is 5.13. The number of hydrogen-bond donors (Lipinski definition) is 1. The molecule has 2 heterocycles. The van der Waals surface area contributed by atoms with Crippen molar-refractivity contribution < 1.29 is 9.59 Å². The van der Waals surface area contributed by atoms with Crippen molar-refractivity contribution in [2.24, 2.45) is 0 Å². The Labute approximate surface area is 167 Å². The zero-order valence-electron chi connectivity index (χ0n) is 15.9. The molecule has 4 rings (SSSR count). The van der Waals surface area contributed by atoms with Gasteiger partial charge in [0, 0.05) is 10.4 Å². The molecule has 1 unspecified atom stereocenters. The minimum absolute atomic E-state index is 0.0215. The lowest BCUT2D eigenvalue weighted by Gasteiger charge is -2.14. The summed E-state index contributed by atoms with van der Waals surface area (Å²) >= 11 is 1.53. The van der Waals surface area contributed by atoms with Crippen LogP contribution in [-0.2, 0) is 17.6 Å². The molecule has 28 heavy (non-hydrogen) atoms. The molecule has 1 N–H and O–H groups in total. The molecule has 0 radical (unpaired) electrons. The number of hydrogen-bond acceptors (Lipinski definition) is 5. The summed E-state index contributed by atoms with van der Waals surface area (Å²) in [5.41, 5.74) is 3.46. The lowest BCUT2D eigenvalue weighted by Crippen LogP contribution is -2.24. The fourth-order valence-electron chi connectivity index (χ4n) is 3.58. The van der Waals surface area contributed by atoms with Crippen LogP contribution in [0.3, 0.4) is 0 Å². The van der Waals surface area contributed by atoms with Gasteiger partial charge in [0.15, 0.2) is 5.78 Å². The van der Waals surface area contributed by atoms with Gasteiger partial charge < -0.3 is 5.32 Å². The van der Waals surface area contributed by atoms with Gasteiger partial charge in [-0.15, -0.1) is 11.3 Å². The zero-order valence-corrected chi connectivity index (χ0v) is 16.8. The number of thiophene rings is 1. The first kappa shape index (κ1) is 18.6. The highest BCUT2D eigenvalue weighted by Crippen LogP contribution is 2.39. The zero-order chi connectivity index (χ0) is 19.7. The highest BCUT2D eigenvalue weighted by Gasteiger charge is 2.28. The molecule has 7 heteroatoms. The maximum Gasteiger partial charge on any atom is 0.249 e. The number of benzene rings is 1. The van der Waals surface area contributed by atoms with E-state index in [4.69, 9.17) is 0 Å². The van der Waals surface area contributed by atoms with Crippen LogP contribution in [0.2, 0.25) is 0 Å². The van der Waals surface area contributed by atoms with Gasteiger partial charge >= 0.3 is 0 Å². The average Bonchev–Trinajstić information content (AvgIpc) is 3.34. The predicted octanol–water partition coefficient (Wildman–Crippen LogP) is 3.96. The summed E-state index contributed by atoms with van der Waals surface area (Å²) in [5, 5.41) is 7.68. The van der Waals surface area contributed by atoms with Crippen LogP contribution in [0, 0.1) is 6.92 Å². The average molecular weight is 395 g/mol. The van der Waals surface area contributed by atoms with Crippen molar-refractivity contribution in [2.45, 2.75) is 45.6 Å². The van der Waals surface area contributed by atoms with E-state index >= 15 is 0 Å². The normalized spacial score (nSPS) is 14.4. The van der Waals surface area contributed by atoms with Crippen LogP contribution < -0.4 is 5.32 Å². The van der Waals surface area contributed by atoms with Crippen molar-refractivity contribution >= 4 is 28.0 Å². The lowest BCUT2D eigenvalue weighted by atomic mass is 9.91. The van der Waals surface area contributed by atoms with Crippen LogP contribution in [0.25, 0.3) is 0 Å². The van der Waals surface area contributed by atoms with E-state index in [9.17, 15) is 9.59 Å². The molecular formula is C21H22N4O2S. The van der Waals surface area contributed by atoms with E-state index in [1.807, 2.05) is 31.2 Å². The topological polar surface area (TPSA) is 76.9 Å². The number of nitrogens with one attached hydrogen (secondary N) is 1. The number of aromatic nitrogens is 3. The van der Waals surface area contributed by atoms with Gasteiger partial charge in [0.05, 0.1) is 5.56 Å². The van der Waals surface area contributed by atoms with E-state index < -0.39 is 6.04 Å². The molecule has 1 aliphatic rings. The minimum atomic E-state index is -0.511. The van der Waals surface area contributed by atoms with Crippen molar-refractivity contribution in [3.8, 4) is 0 Å². The maximum atomic E-state index is 13.4. The van der Waals surface area contributed by atoms with Crippen LogP contribution >= 0.6 is 11.3 Å². The van der Waals surface area contributed by atoms with Crippen molar-refractivity contribution in [1.82, 2.24) is 14.8 Å². The smallest absolute Gasteiger partial charge is 0.249 e. The van der Waals surface area contributed by atoms with Gasteiger partial charge in [0.2, 0.25) is 5.91 Å². The standard InChI is InChI=1S/C21H22N4O2S/c1-13-6-5-7-15(10-13)19(26)18-16-8-3-4-9-17(16)28-21(18)24-20(27)14(2)25-12-22-11-23-25/h5-7,10-12,14H,3-4,8-9H2,1-2H3,(H,24,27). The van der Waals surface area contributed by atoms with Crippen LogP contribution in [-0.4, -0.2) is 26.5 Å². The van der Waals surface area contributed by atoms with Gasteiger partial charge in [0.25, 0.3) is 0 Å². The first-order valence-corrected chi connectivity index (χ1v) is 10.3. The highest BCUT2D eigenvalue weighted by atomic mass is 32.1. The highest BCUT2D eigenvalue weighted by molar-refractivity contribution is 7.17. The van der Waals surface area contributed by atoms with Gasteiger partial charge in [0.1, 0.15) is 23.7 Å². The van der Waals surface area contributed by atoms with Gasteiger partial charge in [-0.2, -0.15) is 5.10 Å². The van der Waals surface area contributed by atoms with E-state index in [2.05, 4.69) is 15.4 Å². The van der Waals surface area contributed by atoms with Crippen LogP contribution in [0.5, 0.6) is 0 Å². The number of fused-ring (bicyclic) bond motifs is 1. The fourth-order valence-corrected chi connectivity index (χ4v) is 4.87. The fraction of sp³-hybridized carbons (Fsp3) is 0.333. The Morgan fingerprint density at radius 3 is 2.82 bits per heavy atom. The Hall–Kier alpha value is -2.80. The summed E-state index contributed by atoms with van der Waals surface area (Å²) in [6.07, 6.45) is 6.95. The van der Waals surface area contributed by atoms with E-state index in [1.54, 1.807) is 6.92 Å². The third kappa shape index (κ3) is 3.49. The number of carbonyl (C=O) groups is 2. The molecule has 3 aromatic rings. The SMILES string of the molecule is Cc1cccc(C(=O)c2c(NC(=O)C(C)n3cncn3)sc3c2CCCC3)c1. The molecule has 0 saturated heterocycles. The first-order valence-electron chi connectivity index (χ1n) is 9.45. The second kappa shape index (κ2) is 7.67. The molecule has 0 bridgehead atoms. The molecule has 0 fully saturated rings. The van der Waals surface area contributed by atoms with Gasteiger partial charge in [-0.3, -0.25) is 9.59 Å². The predicted molar refractivity (Wildman–Crippen MR) is 109 cm³/mol. The Morgan fingerprint density at radius 2 is 2.07 bits per heavy atom. The molecular weight excluding hydrogens is 372 g/mol. The monoisotopic (exact) mass is 394 g/mol. The second-order valence-electron chi connectivity index (χ2n) is 7.15. The molecule has 1 aliphatic carbocycles. The molecule has 1 amide bonds. The Morgan fingerprint density at radius 1 is 1.25 bits per heavy atom. The largest absolute Gasteiger partial charge is 0.315 e. The Kier molecular flexibility index (Phi) is 5.09. The van der Waals surface area contributed by atoms with Gasteiger partial charge in [-0.05, 0) is 51.2 Å². The summed E-state index contributed by atoms with van der Waals surface area (Å²) < 4.78 is 1.50. The number of nitrogens with zero attached hydrogens (tertiary/aromatic N) is 3. The molecule has 144 valence electrons. The summed E-state index contributed by atoms with van der Waals surface area (Å²) in [7, 11) is 0. The minimum Gasteiger partial charge on any atom is -0.315 e. The van der Waals surface area contributed by atoms with Crippen LogP contribution in [0.15, 0.2) is 36.9 Å². The number of anilines is 1. The summed E-state index contributed by atoms with van der Waals surface area (Å²) in [6, 6.07) is 7.10. The molecule has 0 spiro atoms. The van der Waals surface area contributed by atoms with Crippen LogP contribution in [0.1, 0.15) is 57.7 Å². The van der Waals surface area contributed by atoms with Crippen LogP contribution in [0.4, 0.5) is 5.00 Å². The Balaban J connectivity index is 1.70. The molecule has 0 saturated carbocycles. The van der Waals surface area contributed by atoms with Crippen molar-refractivity contribution in [2.75, 3.05) is 5.32 Å². The van der Waals surface area contributed by atoms with E-state index in [1.165, 1.54) is 33.6 Å². The van der Waals surface area contributed by atoms with E-state index in [-0.39, 0.29) is 11.7 Å². The maximum absolute atomic E-state index is 13.4. The van der Waals surface area contributed by atoms with Gasteiger partial charge in [-0.25, -0.2) is 9.67 Å². The summed E-state index contributed by atoms with van der Waals surface area (Å²) in [5.74, 6) is -0.228. The molecule has 1 aromatic carbocycles. The lowest BCUT2D eigenvalue weighted by molar-refractivity contribution is -0.119. The molecule has 1 atom stereocenters. The first-order chi connectivity index (χ1) is 13.5. The summed E-state index contributed by atoms with van der Waals surface area (Å²) in [6.45, 7) is 3.74. The second-order valence-corrected chi connectivity index (χ2v) is 8.26.